The van der Waals surface area contributed by atoms with E-state index in [0.717, 1.165) is 11.1 Å². The Morgan fingerprint density at radius 2 is 1.55 bits per heavy atom. The molecule has 0 bridgehead atoms. The van der Waals surface area contributed by atoms with Crippen LogP contribution in [-0.4, -0.2) is 24.5 Å². The molecule has 2 aromatic rings. The molecule has 0 saturated carbocycles. The SMILES string of the molecule is Cc1cccc(C)c1OCC(=O)NNC(=O)C(C)Oc1ccc(C(C)(C)C)cc1. The van der Waals surface area contributed by atoms with Crippen molar-refractivity contribution >= 4 is 11.8 Å². The van der Waals surface area contributed by atoms with Crippen LogP contribution in [0.2, 0.25) is 0 Å². The molecule has 1 unspecified atom stereocenters. The third-order valence-electron chi connectivity index (χ3n) is 4.48. The molecule has 2 amide bonds. The molecule has 6 nitrogen and oxygen atoms in total. The van der Waals surface area contributed by atoms with Crippen molar-refractivity contribution in [3.05, 3.63) is 59.2 Å². The van der Waals surface area contributed by atoms with Crippen LogP contribution in [0.25, 0.3) is 0 Å². The summed E-state index contributed by atoms with van der Waals surface area (Å²) in [7, 11) is 0. The minimum atomic E-state index is -0.768. The summed E-state index contributed by atoms with van der Waals surface area (Å²) in [6, 6.07) is 13.4. The van der Waals surface area contributed by atoms with Gasteiger partial charge < -0.3 is 9.47 Å². The summed E-state index contributed by atoms with van der Waals surface area (Å²) in [5, 5.41) is 0. The molecule has 0 saturated heterocycles. The van der Waals surface area contributed by atoms with E-state index in [1.807, 2.05) is 56.3 Å². The van der Waals surface area contributed by atoms with E-state index < -0.39 is 17.9 Å². The average molecular weight is 399 g/mol. The Hall–Kier alpha value is -3.02. The number of amides is 2. The molecular formula is C23H30N2O4. The second-order valence-electron chi connectivity index (χ2n) is 8.08. The lowest BCUT2D eigenvalue weighted by Crippen LogP contribution is -2.48. The number of carbonyl (C=O) groups excluding carboxylic acids is 2. The van der Waals surface area contributed by atoms with Crippen molar-refractivity contribution in [2.75, 3.05) is 6.61 Å². The molecule has 0 aliphatic heterocycles. The fourth-order valence-corrected chi connectivity index (χ4v) is 2.72. The smallest absolute Gasteiger partial charge is 0.279 e. The second kappa shape index (κ2) is 9.45. The Kier molecular flexibility index (Phi) is 7.26. The molecule has 0 aliphatic rings. The molecule has 0 heterocycles. The van der Waals surface area contributed by atoms with Crippen LogP contribution in [-0.2, 0) is 15.0 Å². The molecule has 0 radical (unpaired) electrons. The van der Waals surface area contributed by atoms with Gasteiger partial charge in [0.05, 0.1) is 0 Å². The van der Waals surface area contributed by atoms with Gasteiger partial charge in [0.1, 0.15) is 11.5 Å². The number of hydrogen-bond acceptors (Lipinski definition) is 4. The number of aryl methyl sites for hydroxylation is 2. The molecule has 2 N–H and O–H groups in total. The fraction of sp³-hybridized carbons (Fsp3) is 0.391. The van der Waals surface area contributed by atoms with Crippen molar-refractivity contribution in [2.24, 2.45) is 0 Å². The summed E-state index contributed by atoms with van der Waals surface area (Å²) in [6.45, 7) is 11.6. The van der Waals surface area contributed by atoms with Gasteiger partial charge in [-0.15, -0.1) is 0 Å². The molecule has 1 atom stereocenters. The Labute approximate surface area is 172 Å². The van der Waals surface area contributed by atoms with E-state index in [9.17, 15) is 9.59 Å². The largest absolute Gasteiger partial charge is 0.483 e. The van der Waals surface area contributed by atoms with Crippen molar-refractivity contribution in [3.8, 4) is 11.5 Å². The van der Waals surface area contributed by atoms with E-state index in [1.54, 1.807) is 6.92 Å². The monoisotopic (exact) mass is 398 g/mol. The summed E-state index contributed by atoms with van der Waals surface area (Å²) in [5.41, 5.74) is 7.82. The molecule has 0 spiro atoms. The van der Waals surface area contributed by atoms with Gasteiger partial charge in [-0.25, -0.2) is 0 Å². The lowest BCUT2D eigenvalue weighted by molar-refractivity contribution is -0.133. The second-order valence-corrected chi connectivity index (χ2v) is 8.08. The van der Waals surface area contributed by atoms with Crippen LogP contribution in [0.4, 0.5) is 0 Å². The van der Waals surface area contributed by atoms with E-state index in [4.69, 9.17) is 9.47 Å². The first-order valence-corrected chi connectivity index (χ1v) is 9.63. The van der Waals surface area contributed by atoms with E-state index >= 15 is 0 Å². The quantitative estimate of drug-likeness (QED) is 0.729. The molecule has 0 aromatic heterocycles. The Bertz CT molecular complexity index is 834. The highest BCUT2D eigenvalue weighted by Gasteiger charge is 2.17. The Morgan fingerprint density at radius 3 is 2.10 bits per heavy atom. The van der Waals surface area contributed by atoms with Crippen LogP contribution in [0.5, 0.6) is 11.5 Å². The lowest BCUT2D eigenvalue weighted by atomic mass is 9.87. The lowest BCUT2D eigenvalue weighted by Gasteiger charge is -2.20. The zero-order chi connectivity index (χ0) is 21.6. The summed E-state index contributed by atoms with van der Waals surface area (Å²) in [6.07, 6.45) is -0.768. The van der Waals surface area contributed by atoms with Crippen LogP contribution in [0.15, 0.2) is 42.5 Å². The van der Waals surface area contributed by atoms with Gasteiger partial charge in [-0.05, 0) is 55.0 Å². The van der Waals surface area contributed by atoms with Gasteiger partial charge in [-0.2, -0.15) is 0 Å². The highest BCUT2D eigenvalue weighted by Crippen LogP contribution is 2.24. The number of hydrazine groups is 1. The first kappa shape index (κ1) is 22.3. The predicted octanol–water partition coefficient (Wildman–Crippen LogP) is 3.59. The Morgan fingerprint density at radius 1 is 0.966 bits per heavy atom. The van der Waals surface area contributed by atoms with Crippen molar-refractivity contribution in [3.63, 3.8) is 0 Å². The summed E-state index contributed by atoms with van der Waals surface area (Å²) < 4.78 is 11.2. The average Bonchev–Trinajstić information content (AvgIpc) is 2.65. The van der Waals surface area contributed by atoms with Crippen molar-refractivity contribution in [1.82, 2.24) is 10.9 Å². The van der Waals surface area contributed by atoms with Crippen LogP contribution in [0.1, 0.15) is 44.4 Å². The highest BCUT2D eigenvalue weighted by molar-refractivity contribution is 5.85. The number of para-hydroxylation sites is 1. The summed E-state index contributed by atoms with van der Waals surface area (Å²) >= 11 is 0. The molecule has 2 aromatic carbocycles. The van der Waals surface area contributed by atoms with E-state index in [0.29, 0.717) is 11.5 Å². The number of hydrogen-bond donors (Lipinski definition) is 2. The fourth-order valence-electron chi connectivity index (χ4n) is 2.72. The molecule has 156 valence electrons. The van der Waals surface area contributed by atoms with Gasteiger partial charge >= 0.3 is 0 Å². The van der Waals surface area contributed by atoms with E-state index in [-0.39, 0.29) is 12.0 Å². The maximum atomic E-state index is 12.2. The molecule has 29 heavy (non-hydrogen) atoms. The topological polar surface area (TPSA) is 76.7 Å². The maximum absolute atomic E-state index is 12.2. The third kappa shape index (κ3) is 6.52. The molecule has 0 fully saturated rings. The van der Waals surface area contributed by atoms with Gasteiger partial charge in [0.2, 0.25) is 0 Å². The van der Waals surface area contributed by atoms with E-state index in [1.165, 1.54) is 5.56 Å². The van der Waals surface area contributed by atoms with Gasteiger partial charge in [0.15, 0.2) is 12.7 Å². The number of nitrogens with one attached hydrogen (secondary N) is 2. The minimum Gasteiger partial charge on any atom is -0.483 e. The molecular weight excluding hydrogens is 368 g/mol. The summed E-state index contributed by atoms with van der Waals surface area (Å²) in [4.78, 5) is 24.1. The van der Waals surface area contributed by atoms with Crippen LogP contribution in [0.3, 0.4) is 0 Å². The number of benzene rings is 2. The number of rotatable bonds is 6. The van der Waals surface area contributed by atoms with Crippen molar-refractivity contribution < 1.29 is 19.1 Å². The van der Waals surface area contributed by atoms with Crippen molar-refractivity contribution in [1.29, 1.82) is 0 Å². The Balaban J connectivity index is 1.80. The maximum Gasteiger partial charge on any atom is 0.279 e. The van der Waals surface area contributed by atoms with E-state index in [2.05, 4.69) is 31.6 Å². The van der Waals surface area contributed by atoms with Gasteiger partial charge in [0.25, 0.3) is 11.8 Å². The number of carbonyl (C=O) groups is 2. The predicted molar refractivity (Wildman–Crippen MR) is 113 cm³/mol. The van der Waals surface area contributed by atoms with Gasteiger partial charge in [-0.1, -0.05) is 51.1 Å². The van der Waals surface area contributed by atoms with Crippen LogP contribution in [0, 0.1) is 13.8 Å². The number of ether oxygens (including phenoxy) is 2. The summed E-state index contributed by atoms with van der Waals surface area (Å²) in [5.74, 6) is 0.350. The van der Waals surface area contributed by atoms with Crippen LogP contribution >= 0.6 is 0 Å². The zero-order valence-corrected chi connectivity index (χ0v) is 18.0. The zero-order valence-electron chi connectivity index (χ0n) is 18.0. The molecule has 2 rings (SSSR count). The van der Waals surface area contributed by atoms with Crippen LogP contribution < -0.4 is 20.3 Å². The minimum absolute atomic E-state index is 0.0463. The third-order valence-corrected chi connectivity index (χ3v) is 4.48. The standard InChI is InChI=1S/C23H30N2O4/c1-15-8-7-9-16(2)21(15)28-14-20(26)24-25-22(27)17(3)29-19-12-10-18(11-13-19)23(4,5)6/h7-13,17H,14H2,1-6H3,(H,24,26)(H,25,27). The van der Waals surface area contributed by atoms with Gasteiger partial charge in [-0.3, -0.25) is 20.4 Å². The first-order valence-electron chi connectivity index (χ1n) is 9.63. The highest BCUT2D eigenvalue weighted by atomic mass is 16.5. The molecule has 0 aliphatic carbocycles. The van der Waals surface area contributed by atoms with Gasteiger partial charge in [0, 0.05) is 0 Å². The first-order chi connectivity index (χ1) is 13.6. The molecule has 6 heteroatoms. The van der Waals surface area contributed by atoms with Crippen molar-refractivity contribution in [2.45, 2.75) is 53.1 Å². The normalized spacial score (nSPS) is 12.1.